The molecule has 0 radical (unpaired) electrons. The first-order valence-electron chi connectivity index (χ1n) is 6.11. The van der Waals surface area contributed by atoms with E-state index in [1.54, 1.807) is 4.57 Å². The monoisotopic (exact) mass is 268 g/mol. The van der Waals surface area contributed by atoms with Crippen molar-refractivity contribution in [2.24, 2.45) is 5.73 Å². The van der Waals surface area contributed by atoms with Gasteiger partial charge in [0, 0.05) is 31.1 Å². The fraction of sp³-hybridized carbons (Fsp3) is 0.583. The van der Waals surface area contributed by atoms with E-state index in [0.717, 1.165) is 0 Å². The van der Waals surface area contributed by atoms with Gasteiger partial charge in [0.05, 0.1) is 6.61 Å². The lowest BCUT2D eigenvalue weighted by molar-refractivity contribution is -0.231. The lowest BCUT2D eigenvalue weighted by Gasteiger charge is -2.42. The number of ether oxygens (including phenoxy) is 2. The van der Waals surface area contributed by atoms with Gasteiger partial charge < -0.3 is 30.0 Å². The SMILES string of the molecule is NC[C@@]12COC(O1)[C@H](n1ccc(=O)cc1)C(O)[C@H]2O. The molecular formula is C12H16N2O5. The molecule has 2 aliphatic heterocycles. The van der Waals surface area contributed by atoms with Crippen molar-refractivity contribution in [1.82, 2.24) is 4.57 Å². The Bertz CT molecular complexity index is 513. The van der Waals surface area contributed by atoms with Gasteiger partial charge >= 0.3 is 0 Å². The predicted molar refractivity (Wildman–Crippen MR) is 64.4 cm³/mol. The van der Waals surface area contributed by atoms with Gasteiger partial charge in [0.1, 0.15) is 23.9 Å². The van der Waals surface area contributed by atoms with Gasteiger partial charge in [-0.25, -0.2) is 0 Å². The molecule has 2 aliphatic rings. The van der Waals surface area contributed by atoms with E-state index >= 15 is 0 Å². The largest absolute Gasteiger partial charge is 0.388 e. The molecule has 0 aliphatic carbocycles. The Morgan fingerprint density at radius 1 is 1.42 bits per heavy atom. The molecule has 1 aromatic heterocycles. The number of pyridine rings is 1. The van der Waals surface area contributed by atoms with E-state index < -0.39 is 30.1 Å². The summed E-state index contributed by atoms with van der Waals surface area (Å²) in [6.45, 7) is 0.210. The van der Waals surface area contributed by atoms with Crippen LogP contribution in [-0.4, -0.2) is 52.0 Å². The maximum Gasteiger partial charge on any atom is 0.181 e. The van der Waals surface area contributed by atoms with Crippen molar-refractivity contribution in [3.8, 4) is 0 Å². The molecule has 19 heavy (non-hydrogen) atoms. The van der Waals surface area contributed by atoms with Crippen LogP contribution in [0, 0.1) is 0 Å². The van der Waals surface area contributed by atoms with Crippen LogP contribution in [0.25, 0.3) is 0 Å². The first-order chi connectivity index (χ1) is 9.07. The molecular weight excluding hydrogens is 252 g/mol. The van der Waals surface area contributed by atoms with Crippen LogP contribution in [0.15, 0.2) is 29.3 Å². The molecule has 4 N–H and O–H groups in total. The minimum absolute atomic E-state index is 0.0681. The third-order valence-electron chi connectivity index (χ3n) is 3.85. The van der Waals surface area contributed by atoms with Crippen LogP contribution in [0.2, 0.25) is 0 Å². The molecule has 0 spiro atoms. The van der Waals surface area contributed by atoms with Gasteiger partial charge in [-0.05, 0) is 0 Å². The van der Waals surface area contributed by atoms with E-state index in [2.05, 4.69) is 0 Å². The second kappa shape index (κ2) is 4.39. The minimum atomic E-state index is -1.14. The van der Waals surface area contributed by atoms with Crippen molar-refractivity contribution in [2.45, 2.75) is 30.1 Å². The van der Waals surface area contributed by atoms with E-state index in [1.165, 1.54) is 24.5 Å². The van der Waals surface area contributed by atoms with Crippen LogP contribution in [-0.2, 0) is 9.47 Å². The standard InChI is InChI=1S/C12H16N2O5/c13-5-12-6-18-11(19-12)8(9(16)10(12)17)14-3-1-7(15)2-4-14/h1-4,8-11,16-17H,5-6,13H2/t8-,9?,10-,11?,12+/m1/s1. The highest BCUT2D eigenvalue weighted by Gasteiger charge is 2.58. The normalized spacial score (nSPS) is 41.4. The third kappa shape index (κ3) is 1.82. The molecule has 3 heterocycles. The Labute approximate surface area is 109 Å². The first kappa shape index (κ1) is 12.8. The van der Waals surface area contributed by atoms with Crippen molar-refractivity contribution in [2.75, 3.05) is 13.2 Å². The number of aliphatic hydroxyl groups is 2. The third-order valence-corrected chi connectivity index (χ3v) is 3.85. The number of aromatic nitrogens is 1. The van der Waals surface area contributed by atoms with Gasteiger partial charge in [-0.1, -0.05) is 0 Å². The maximum absolute atomic E-state index is 11.1. The summed E-state index contributed by atoms with van der Waals surface area (Å²) in [5, 5.41) is 20.5. The number of fused-ring (bicyclic) bond motifs is 2. The molecule has 5 atom stereocenters. The number of hydrogen-bond acceptors (Lipinski definition) is 6. The van der Waals surface area contributed by atoms with Crippen molar-refractivity contribution in [3.05, 3.63) is 34.7 Å². The van der Waals surface area contributed by atoms with Crippen LogP contribution in [0.3, 0.4) is 0 Å². The van der Waals surface area contributed by atoms with Crippen LogP contribution in [0.1, 0.15) is 6.04 Å². The fourth-order valence-electron chi connectivity index (χ4n) is 2.67. The summed E-state index contributed by atoms with van der Waals surface area (Å²) in [5.74, 6) is 0. The van der Waals surface area contributed by atoms with Crippen LogP contribution >= 0.6 is 0 Å². The zero-order valence-electron chi connectivity index (χ0n) is 10.2. The fourth-order valence-corrected chi connectivity index (χ4v) is 2.67. The summed E-state index contributed by atoms with van der Waals surface area (Å²) in [5.41, 5.74) is 4.43. The number of aliphatic hydroxyl groups excluding tert-OH is 2. The molecule has 2 unspecified atom stereocenters. The second-order valence-electron chi connectivity index (χ2n) is 4.97. The summed E-state index contributed by atoms with van der Waals surface area (Å²) >= 11 is 0. The van der Waals surface area contributed by atoms with E-state index in [-0.39, 0.29) is 18.6 Å². The molecule has 2 saturated heterocycles. The van der Waals surface area contributed by atoms with Crippen molar-refractivity contribution >= 4 is 0 Å². The molecule has 2 bridgehead atoms. The highest BCUT2D eigenvalue weighted by molar-refractivity contribution is 5.08. The summed E-state index contributed by atoms with van der Waals surface area (Å²) in [6.07, 6.45) is 0.157. The Kier molecular flexibility index (Phi) is 2.95. The number of nitrogens with two attached hydrogens (primary N) is 1. The topological polar surface area (TPSA) is 107 Å². The highest BCUT2D eigenvalue weighted by atomic mass is 16.7. The summed E-state index contributed by atoms with van der Waals surface area (Å²) in [4.78, 5) is 11.1. The van der Waals surface area contributed by atoms with Gasteiger partial charge in [0.15, 0.2) is 11.7 Å². The Balaban J connectivity index is 1.96. The number of hydrogen-bond donors (Lipinski definition) is 3. The number of nitrogens with zero attached hydrogens (tertiary/aromatic N) is 1. The smallest absolute Gasteiger partial charge is 0.181 e. The zero-order valence-corrected chi connectivity index (χ0v) is 10.2. The Morgan fingerprint density at radius 3 is 2.74 bits per heavy atom. The molecule has 0 aromatic carbocycles. The van der Waals surface area contributed by atoms with E-state index in [1.807, 2.05) is 0 Å². The average Bonchev–Trinajstić information content (AvgIpc) is 2.81. The number of rotatable bonds is 2. The van der Waals surface area contributed by atoms with Gasteiger partial charge in [0.25, 0.3) is 0 Å². The molecule has 0 saturated carbocycles. The van der Waals surface area contributed by atoms with E-state index in [0.29, 0.717) is 0 Å². The lowest BCUT2D eigenvalue weighted by Crippen LogP contribution is -2.62. The lowest BCUT2D eigenvalue weighted by atomic mass is 9.88. The molecule has 2 fully saturated rings. The second-order valence-corrected chi connectivity index (χ2v) is 4.97. The minimum Gasteiger partial charge on any atom is -0.388 e. The van der Waals surface area contributed by atoms with E-state index in [4.69, 9.17) is 15.2 Å². The predicted octanol–water partition coefficient (Wildman–Crippen LogP) is -1.80. The summed E-state index contributed by atoms with van der Waals surface area (Å²) < 4.78 is 12.7. The highest BCUT2D eigenvalue weighted by Crippen LogP contribution is 2.41. The van der Waals surface area contributed by atoms with Gasteiger partial charge in [-0.3, -0.25) is 4.79 Å². The summed E-state index contributed by atoms with van der Waals surface area (Å²) in [7, 11) is 0. The van der Waals surface area contributed by atoms with Crippen molar-refractivity contribution < 1.29 is 19.7 Å². The van der Waals surface area contributed by atoms with Crippen LogP contribution in [0.4, 0.5) is 0 Å². The molecule has 1 aromatic rings. The van der Waals surface area contributed by atoms with Gasteiger partial charge in [-0.15, -0.1) is 0 Å². The molecule has 104 valence electrons. The van der Waals surface area contributed by atoms with Crippen molar-refractivity contribution in [3.63, 3.8) is 0 Å². The Hall–Kier alpha value is -1.25. The Morgan fingerprint density at radius 2 is 2.11 bits per heavy atom. The van der Waals surface area contributed by atoms with E-state index in [9.17, 15) is 15.0 Å². The zero-order chi connectivity index (χ0) is 13.6. The molecule has 7 nitrogen and oxygen atoms in total. The van der Waals surface area contributed by atoms with Gasteiger partial charge in [0.2, 0.25) is 0 Å². The average molecular weight is 268 g/mol. The van der Waals surface area contributed by atoms with Crippen LogP contribution < -0.4 is 11.2 Å². The van der Waals surface area contributed by atoms with Crippen LogP contribution in [0.5, 0.6) is 0 Å². The quantitative estimate of drug-likeness (QED) is 0.584. The van der Waals surface area contributed by atoms with Crippen molar-refractivity contribution in [1.29, 1.82) is 0 Å². The maximum atomic E-state index is 11.1. The molecule has 0 amide bonds. The first-order valence-corrected chi connectivity index (χ1v) is 6.11. The molecule has 3 rings (SSSR count). The summed E-state index contributed by atoms with van der Waals surface area (Å²) in [6, 6.07) is 2.13. The van der Waals surface area contributed by atoms with Gasteiger partial charge in [-0.2, -0.15) is 0 Å². The molecule has 7 heteroatoms.